The van der Waals surface area contributed by atoms with Gasteiger partial charge >= 0.3 is 6.03 Å². The number of oxime groups is 1. The molecule has 0 fully saturated rings. The molecule has 0 aliphatic carbocycles. The fourth-order valence-electron chi connectivity index (χ4n) is 3.40. The molecule has 0 saturated carbocycles. The van der Waals surface area contributed by atoms with Crippen molar-refractivity contribution in [1.29, 1.82) is 0 Å². The van der Waals surface area contributed by atoms with Gasteiger partial charge in [-0.25, -0.2) is 9.18 Å². The second kappa shape index (κ2) is 12.4. The summed E-state index contributed by atoms with van der Waals surface area (Å²) in [7, 11) is 0. The molecule has 0 heterocycles. The number of halogens is 2. The Bertz CT molecular complexity index is 971. The average molecular weight is 522 g/mol. The number of rotatable bonds is 9. The van der Waals surface area contributed by atoms with Crippen LogP contribution < -0.4 is 20.9 Å². The van der Waals surface area contributed by atoms with E-state index in [9.17, 15) is 14.4 Å². The van der Waals surface area contributed by atoms with Crippen LogP contribution >= 0.6 is 15.9 Å². The van der Waals surface area contributed by atoms with Crippen LogP contribution in [0.25, 0.3) is 0 Å². The summed E-state index contributed by atoms with van der Waals surface area (Å²) in [6, 6.07) is 9.58. The van der Waals surface area contributed by atoms with Crippen molar-refractivity contribution >= 4 is 44.9 Å². The lowest BCUT2D eigenvalue weighted by atomic mass is 10.1. The molecule has 2 aromatic rings. The number of urea groups is 1. The third-order valence-corrected chi connectivity index (χ3v) is 5.26. The summed E-state index contributed by atoms with van der Waals surface area (Å²) in [6.07, 6.45) is 0. The number of hydrogen-bond donors (Lipinski definition) is 4. The van der Waals surface area contributed by atoms with E-state index in [-0.39, 0.29) is 16.3 Å². The first-order valence-electron chi connectivity index (χ1n) is 11.0. The number of hydrogen-bond acceptors (Lipinski definition) is 4. The number of amides is 2. The van der Waals surface area contributed by atoms with Crippen LogP contribution in [0.2, 0.25) is 0 Å². The van der Waals surface area contributed by atoms with Gasteiger partial charge in [0.05, 0.1) is 15.8 Å². The van der Waals surface area contributed by atoms with Gasteiger partial charge in [0.25, 0.3) is 0 Å². The van der Waals surface area contributed by atoms with Crippen LogP contribution in [0.4, 0.5) is 26.2 Å². The van der Waals surface area contributed by atoms with Gasteiger partial charge in [-0.15, -0.1) is 0 Å². The number of nitrogens with one attached hydrogen (secondary N) is 3. The molecule has 0 radical (unpaired) electrons. The van der Waals surface area contributed by atoms with Gasteiger partial charge in [-0.05, 0) is 71.1 Å². The molecule has 0 bridgehead atoms. The Morgan fingerprint density at radius 1 is 1.09 bits per heavy atom. The Labute approximate surface area is 203 Å². The molecule has 7 nitrogen and oxygen atoms in total. The van der Waals surface area contributed by atoms with E-state index >= 15 is 0 Å². The van der Waals surface area contributed by atoms with Crippen molar-refractivity contribution < 1.29 is 14.4 Å². The molecule has 0 aliphatic rings. The van der Waals surface area contributed by atoms with E-state index in [1.165, 1.54) is 6.07 Å². The molecule has 9 heteroatoms. The van der Waals surface area contributed by atoms with Gasteiger partial charge in [0.2, 0.25) is 0 Å². The van der Waals surface area contributed by atoms with Crippen molar-refractivity contribution in [3.8, 4) is 0 Å². The molecule has 4 N–H and O–H groups in total. The Balaban J connectivity index is 2.46. The number of carbonyl (C=O) groups is 1. The Hall–Kier alpha value is -2.81. The lowest BCUT2D eigenvalue weighted by molar-refractivity contribution is 0.252. The van der Waals surface area contributed by atoms with E-state index in [0.29, 0.717) is 35.3 Å². The van der Waals surface area contributed by atoms with Crippen molar-refractivity contribution in [3.63, 3.8) is 0 Å². The number of nitrogens with zero attached hydrogens (tertiary/aromatic N) is 2. The third kappa shape index (κ3) is 7.92. The number of amidine groups is 1. The Morgan fingerprint density at radius 2 is 1.76 bits per heavy atom. The van der Waals surface area contributed by atoms with Crippen LogP contribution in [0.5, 0.6) is 0 Å². The van der Waals surface area contributed by atoms with Gasteiger partial charge < -0.3 is 26.1 Å². The standard InChI is InChI=1S/C24H33BrFN5O2/c1-6-27-24(32)29-21-11-17(7-10-22(21)31(13-15(2)3)14-16(4)5)23(30-33)28-18-8-9-20(26)19(25)12-18/h7-12,15-16,33H,6,13-14H2,1-5H3,(H,28,30)(H2,27,29,32). The average Bonchev–Trinajstić information content (AvgIpc) is 2.73. The summed E-state index contributed by atoms with van der Waals surface area (Å²) >= 11 is 3.15. The predicted molar refractivity (Wildman–Crippen MR) is 137 cm³/mol. The van der Waals surface area contributed by atoms with E-state index in [0.717, 1.165) is 18.8 Å². The van der Waals surface area contributed by atoms with Gasteiger partial charge in [0.15, 0.2) is 5.84 Å². The van der Waals surface area contributed by atoms with Gasteiger partial charge in [0.1, 0.15) is 5.82 Å². The Kier molecular flexibility index (Phi) is 9.96. The summed E-state index contributed by atoms with van der Waals surface area (Å²) in [5, 5.41) is 21.7. The summed E-state index contributed by atoms with van der Waals surface area (Å²) < 4.78 is 13.9. The normalized spacial score (nSPS) is 11.6. The summed E-state index contributed by atoms with van der Waals surface area (Å²) in [5.41, 5.74) is 2.58. The topological polar surface area (TPSA) is 89.0 Å². The smallest absolute Gasteiger partial charge is 0.319 e. The highest BCUT2D eigenvalue weighted by atomic mass is 79.9. The van der Waals surface area contributed by atoms with E-state index < -0.39 is 5.82 Å². The predicted octanol–water partition coefficient (Wildman–Crippen LogP) is 6.10. The highest BCUT2D eigenvalue weighted by Gasteiger charge is 2.18. The van der Waals surface area contributed by atoms with Crippen LogP contribution in [0.3, 0.4) is 0 Å². The first-order chi connectivity index (χ1) is 15.6. The lowest BCUT2D eigenvalue weighted by Gasteiger charge is -2.30. The van der Waals surface area contributed by atoms with Gasteiger partial charge in [-0.1, -0.05) is 32.9 Å². The van der Waals surface area contributed by atoms with Crippen molar-refractivity contribution in [3.05, 3.63) is 52.3 Å². The number of carbonyl (C=O) groups excluding carboxylic acids is 1. The maximum absolute atomic E-state index is 13.6. The Morgan fingerprint density at radius 3 is 2.30 bits per heavy atom. The van der Waals surface area contributed by atoms with Gasteiger partial charge in [-0.3, -0.25) is 0 Å². The lowest BCUT2D eigenvalue weighted by Crippen LogP contribution is -2.34. The molecule has 0 saturated heterocycles. The first-order valence-corrected chi connectivity index (χ1v) is 11.8. The SMILES string of the molecule is CCNC(=O)Nc1cc(C(=NO)Nc2ccc(F)c(Br)c2)ccc1N(CC(C)C)CC(C)C. The van der Waals surface area contributed by atoms with Crippen LogP contribution in [0.1, 0.15) is 40.2 Å². The van der Waals surface area contributed by atoms with Gasteiger partial charge in [0, 0.05) is 30.9 Å². The molecule has 180 valence electrons. The van der Waals surface area contributed by atoms with Crippen LogP contribution in [0, 0.1) is 17.7 Å². The minimum absolute atomic E-state index is 0.165. The van der Waals surface area contributed by atoms with Gasteiger partial charge in [-0.2, -0.15) is 0 Å². The molecule has 0 unspecified atom stereocenters. The molecule has 2 rings (SSSR count). The summed E-state index contributed by atoms with van der Waals surface area (Å²) in [6.45, 7) is 12.6. The summed E-state index contributed by atoms with van der Waals surface area (Å²) in [5.74, 6) is 0.622. The maximum atomic E-state index is 13.6. The minimum Gasteiger partial charge on any atom is -0.409 e. The molecule has 2 aromatic carbocycles. The van der Waals surface area contributed by atoms with Crippen LogP contribution in [-0.2, 0) is 0 Å². The molecule has 0 aromatic heterocycles. The maximum Gasteiger partial charge on any atom is 0.319 e. The van der Waals surface area contributed by atoms with E-state index in [2.05, 4.69) is 69.6 Å². The molecule has 33 heavy (non-hydrogen) atoms. The molecular formula is C24H33BrFN5O2. The molecular weight excluding hydrogens is 489 g/mol. The van der Waals surface area contributed by atoms with E-state index in [4.69, 9.17) is 0 Å². The molecule has 2 amide bonds. The molecule has 0 spiro atoms. The van der Waals surface area contributed by atoms with Crippen LogP contribution in [0.15, 0.2) is 46.0 Å². The zero-order valence-corrected chi connectivity index (χ0v) is 21.3. The fourth-order valence-corrected chi connectivity index (χ4v) is 3.78. The van der Waals surface area contributed by atoms with Crippen molar-refractivity contribution in [2.75, 3.05) is 35.2 Å². The minimum atomic E-state index is -0.392. The summed E-state index contributed by atoms with van der Waals surface area (Å²) in [4.78, 5) is 14.6. The second-order valence-electron chi connectivity index (χ2n) is 8.61. The zero-order valence-electron chi connectivity index (χ0n) is 19.7. The quantitative estimate of drug-likeness (QED) is 0.139. The monoisotopic (exact) mass is 521 g/mol. The largest absolute Gasteiger partial charge is 0.409 e. The highest BCUT2D eigenvalue weighted by molar-refractivity contribution is 9.10. The van der Waals surface area contributed by atoms with E-state index in [1.807, 2.05) is 19.1 Å². The second-order valence-corrected chi connectivity index (χ2v) is 9.47. The van der Waals surface area contributed by atoms with E-state index in [1.54, 1.807) is 18.2 Å². The van der Waals surface area contributed by atoms with Crippen molar-refractivity contribution in [2.45, 2.75) is 34.6 Å². The van der Waals surface area contributed by atoms with Crippen molar-refractivity contribution in [2.24, 2.45) is 17.0 Å². The zero-order chi connectivity index (χ0) is 24.5. The fraction of sp³-hybridized carbons (Fsp3) is 0.417. The third-order valence-electron chi connectivity index (χ3n) is 4.65. The number of anilines is 3. The molecule has 0 aliphatic heterocycles. The first kappa shape index (κ1) is 26.4. The number of benzene rings is 2. The molecule has 0 atom stereocenters. The highest BCUT2D eigenvalue weighted by Crippen LogP contribution is 2.30. The van der Waals surface area contributed by atoms with Crippen molar-refractivity contribution in [1.82, 2.24) is 5.32 Å². The van der Waals surface area contributed by atoms with Crippen LogP contribution in [-0.4, -0.2) is 36.7 Å².